The Morgan fingerprint density at radius 3 is 2.84 bits per heavy atom. The number of ether oxygens (including phenoxy) is 3. The molecule has 2 aliphatic carbocycles. The summed E-state index contributed by atoms with van der Waals surface area (Å²) in [7, 11) is 0. The molecule has 25 heavy (non-hydrogen) atoms. The summed E-state index contributed by atoms with van der Waals surface area (Å²) in [6.07, 6.45) is 5.44. The van der Waals surface area contributed by atoms with Gasteiger partial charge in [-0.1, -0.05) is 12.5 Å². The first-order valence-electron chi connectivity index (χ1n) is 8.98. The molecule has 3 aliphatic rings. The van der Waals surface area contributed by atoms with Crippen LogP contribution in [0.5, 0.6) is 11.5 Å². The highest BCUT2D eigenvalue weighted by Crippen LogP contribution is 2.49. The predicted octanol–water partition coefficient (Wildman–Crippen LogP) is 2.40. The number of rotatable bonds is 6. The Hall–Kier alpha value is -2.24. The zero-order valence-electron chi connectivity index (χ0n) is 14.2. The fourth-order valence-corrected chi connectivity index (χ4v) is 4.35. The third-order valence-electron chi connectivity index (χ3n) is 5.60. The summed E-state index contributed by atoms with van der Waals surface area (Å²) in [5.41, 5.74) is 0.908. The number of hydrogen-bond donors (Lipinski definition) is 1. The van der Waals surface area contributed by atoms with Crippen molar-refractivity contribution >= 4 is 11.9 Å². The Labute approximate surface area is 146 Å². The summed E-state index contributed by atoms with van der Waals surface area (Å²) in [6.45, 7) is 0.368. The molecule has 2 saturated carbocycles. The average Bonchev–Trinajstić information content (AvgIpc) is 3.33. The molecule has 6 heteroatoms. The largest absolute Gasteiger partial charge is 0.456 e. The Bertz CT molecular complexity index is 674. The molecule has 2 fully saturated rings. The Morgan fingerprint density at radius 2 is 2.04 bits per heavy atom. The van der Waals surface area contributed by atoms with Gasteiger partial charge in [-0.15, -0.1) is 0 Å². The maximum Gasteiger partial charge on any atom is 0.306 e. The van der Waals surface area contributed by atoms with Gasteiger partial charge in [0.15, 0.2) is 18.1 Å². The number of benzene rings is 1. The standard InChI is InChI=1S/C19H23NO5/c21-18(20-9-13-2-4-16-17(7-13)25-11-24-16)10-23-19(22)8-15-6-12-1-3-14(15)5-12/h2,4,7,12,14-15H,1,3,5-6,8-11H2,(H,20,21)/t12-,14-,15+/m1/s1. The third-order valence-corrected chi connectivity index (χ3v) is 5.60. The second-order valence-corrected chi connectivity index (χ2v) is 7.26. The highest BCUT2D eigenvalue weighted by molar-refractivity contribution is 5.80. The summed E-state index contributed by atoms with van der Waals surface area (Å²) in [4.78, 5) is 23.8. The summed E-state index contributed by atoms with van der Waals surface area (Å²) in [5.74, 6) is 2.82. The van der Waals surface area contributed by atoms with Crippen LogP contribution in [0.25, 0.3) is 0 Å². The lowest BCUT2D eigenvalue weighted by atomic mass is 9.86. The van der Waals surface area contributed by atoms with E-state index in [1.807, 2.05) is 18.2 Å². The molecule has 3 atom stereocenters. The van der Waals surface area contributed by atoms with Crippen LogP contribution in [0.4, 0.5) is 0 Å². The number of nitrogens with one attached hydrogen (secondary N) is 1. The smallest absolute Gasteiger partial charge is 0.306 e. The van der Waals surface area contributed by atoms with E-state index in [-0.39, 0.29) is 25.3 Å². The molecule has 1 aromatic rings. The number of fused-ring (bicyclic) bond motifs is 3. The second kappa shape index (κ2) is 6.94. The molecule has 1 heterocycles. The van der Waals surface area contributed by atoms with Gasteiger partial charge in [-0.2, -0.15) is 0 Å². The van der Waals surface area contributed by atoms with Crippen LogP contribution in [0, 0.1) is 17.8 Å². The van der Waals surface area contributed by atoms with Gasteiger partial charge in [-0.25, -0.2) is 0 Å². The van der Waals surface area contributed by atoms with Crippen molar-refractivity contribution < 1.29 is 23.8 Å². The number of esters is 1. The van der Waals surface area contributed by atoms with E-state index >= 15 is 0 Å². The first-order valence-corrected chi connectivity index (χ1v) is 8.98. The summed E-state index contributed by atoms with van der Waals surface area (Å²) < 4.78 is 15.7. The summed E-state index contributed by atoms with van der Waals surface area (Å²) in [5, 5.41) is 2.75. The monoisotopic (exact) mass is 345 g/mol. The van der Waals surface area contributed by atoms with E-state index < -0.39 is 0 Å². The molecular formula is C19H23NO5. The maximum absolute atomic E-state index is 11.9. The minimum atomic E-state index is -0.293. The Balaban J connectivity index is 1.17. The average molecular weight is 345 g/mol. The van der Waals surface area contributed by atoms with Gasteiger partial charge in [-0.3, -0.25) is 9.59 Å². The van der Waals surface area contributed by atoms with Gasteiger partial charge in [0.25, 0.3) is 5.91 Å². The SMILES string of the molecule is O=C(COC(=O)C[C@@H]1C[C@@H]2CC[C@@H]1C2)NCc1ccc2c(c1)OCO2. The van der Waals surface area contributed by atoms with Gasteiger partial charge < -0.3 is 19.5 Å². The van der Waals surface area contributed by atoms with E-state index in [1.54, 1.807) is 0 Å². The fraction of sp³-hybridized carbons (Fsp3) is 0.579. The lowest BCUT2D eigenvalue weighted by Crippen LogP contribution is -2.29. The van der Waals surface area contributed by atoms with Crippen molar-refractivity contribution in [2.45, 2.75) is 38.6 Å². The van der Waals surface area contributed by atoms with Crippen LogP contribution in [-0.4, -0.2) is 25.3 Å². The van der Waals surface area contributed by atoms with E-state index in [2.05, 4.69) is 5.32 Å². The second-order valence-electron chi connectivity index (χ2n) is 7.26. The predicted molar refractivity (Wildman–Crippen MR) is 88.9 cm³/mol. The van der Waals surface area contributed by atoms with E-state index in [0.717, 1.165) is 17.9 Å². The minimum absolute atomic E-state index is 0.218. The number of carbonyl (C=O) groups excluding carboxylic acids is 2. The third kappa shape index (κ3) is 3.72. The van der Waals surface area contributed by atoms with Crippen molar-refractivity contribution in [3.63, 3.8) is 0 Å². The van der Waals surface area contributed by atoms with Crippen molar-refractivity contribution in [2.75, 3.05) is 13.4 Å². The van der Waals surface area contributed by atoms with Crippen molar-refractivity contribution in [3.05, 3.63) is 23.8 Å². The van der Waals surface area contributed by atoms with Crippen LogP contribution >= 0.6 is 0 Å². The van der Waals surface area contributed by atoms with Gasteiger partial charge in [0, 0.05) is 13.0 Å². The van der Waals surface area contributed by atoms with Crippen molar-refractivity contribution in [1.82, 2.24) is 5.32 Å². The Kier molecular flexibility index (Phi) is 4.51. The molecule has 1 N–H and O–H groups in total. The molecule has 1 amide bonds. The molecule has 1 aromatic carbocycles. The van der Waals surface area contributed by atoms with Gasteiger partial charge in [0.05, 0.1) is 0 Å². The van der Waals surface area contributed by atoms with E-state index in [0.29, 0.717) is 36.3 Å². The molecule has 0 radical (unpaired) electrons. The van der Waals surface area contributed by atoms with E-state index in [1.165, 1.54) is 19.3 Å². The molecule has 0 unspecified atom stereocenters. The highest BCUT2D eigenvalue weighted by atomic mass is 16.7. The van der Waals surface area contributed by atoms with Crippen molar-refractivity contribution in [2.24, 2.45) is 17.8 Å². The first-order chi connectivity index (χ1) is 12.2. The first kappa shape index (κ1) is 16.2. The molecule has 0 aromatic heterocycles. The molecule has 0 saturated heterocycles. The quantitative estimate of drug-likeness (QED) is 0.802. The van der Waals surface area contributed by atoms with Crippen LogP contribution in [0.3, 0.4) is 0 Å². The summed E-state index contributed by atoms with van der Waals surface area (Å²) in [6, 6.07) is 5.53. The summed E-state index contributed by atoms with van der Waals surface area (Å²) >= 11 is 0. The molecule has 1 aliphatic heterocycles. The topological polar surface area (TPSA) is 73.9 Å². The number of carbonyl (C=O) groups is 2. The van der Waals surface area contributed by atoms with Crippen molar-refractivity contribution in [3.8, 4) is 11.5 Å². The molecule has 4 rings (SSSR count). The molecule has 2 bridgehead atoms. The number of hydrogen-bond acceptors (Lipinski definition) is 5. The zero-order valence-corrected chi connectivity index (χ0v) is 14.2. The molecule has 0 spiro atoms. The Morgan fingerprint density at radius 1 is 1.16 bits per heavy atom. The van der Waals surface area contributed by atoms with E-state index in [4.69, 9.17) is 14.2 Å². The molecular weight excluding hydrogens is 322 g/mol. The van der Waals surface area contributed by atoms with Crippen LogP contribution in [0.2, 0.25) is 0 Å². The normalized spacial score (nSPS) is 25.8. The highest BCUT2D eigenvalue weighted by Gasteiger charge is 2.40. The van der Waals surface area contributed by atoms with Crippen molar-refractivity contribution in [1.29, 1.82) is 0 Å². The lowest BCUT2D eigenvalue weighted by molar-refractivity contribution is -0.149. The van der Waals surface area contributed by atoms with Gasteiger partial charge in [0.1, 0.15) is 0 Å². The lowest BCUT2D eigenvalue weighted by Gasteiger charge is -2.20. The minimum Gasteiger partial charge on any atom is -0.456 e. The van der Waals surface area contributed by atoms with Gasteiger partial charge in [-0.05, 0) is 54.7 Å². The van der Waals surface area contributed by atoms with Gasteiger partial charge in [0.2, 0.25) is 6.79 Å². The van der Waals surface area contributed by atoms with E-state index in [9.17, 15) is 9.59 Å². The van der Waals surface area contributed by atoms with Crippen LogP contribution in [0.1, 0.15) is 37.7 Å². The molecule has 6 nitrogen and oxygen atoms in total. The number of amides is 1. The van der Waals surface area contributed by atoms with Crippen LogP contribution in [0.15, 0.2) is 18.2 Å². The van der Waals surface area contributed by atoms with Gasteiger partial charge >= 0.3 is 5.97 Å². The maximum atomic E-state index is 11.9. The van der Waals surface area contributed by atoms with Crippen LogP contribution in [-0.2, 0) is 20.9 Å². The van der Waals surface area contributed by atoms with Crippen LogP contribution < -0.4 is 14.8 Å². The molecule has 134 valence electrons. The zero-order chi connectivity index (χ0) is 17.2. The fourth-order valence-electron chi connectivity index (χ4n) is 4.35.